The van der Waals surface area contributed by atoms with E-state index in [2.05, 4.69) is 16.3 Å². The third kappa shape index (κ3) is 4.95. The first-order chi connectivity index (χ1) is 13.1. The summed E-state index contributed by atoms with van der Waals surface area (Å²) in [5.74, 6) is 2.98. The van der Waals surface area contributed by atoms with E-state index in [1.165, 1.54) is 0 Å². The number of likely N-dealkylation sites (N-methyl/N-ethyl adjacent to an activating group) is 1. The number of aromatic nitrogens is 2. The van der Waals surface area contributed by atoms with Crippen molar-refractivity contribution in [2.75, 3.05) is 25.1 Å². The summed E-state index contributed by atoms with van der Waals surface area (Å²) >= 11 is 0. The molecule has 0 spiro atoms. The molecular weight excluding hydrogens is 376 g/mol. The number of nitrogens with zero attached hydrogens (tertiary/aromatic N) is 3. The van der Waals surface area contributed by atoms with Crippen molar-refractivity contribution >= 4 is 15.7 Å². The Bertz CT molecular complexity index is 863. The van der Waals surface area contributed by atoms with Gasteiger partial charge in [0.1, 0.15) is 5.54 Å². The summed E-state index contributed by atoms with van der Waals surface area (Å²) in [6, 6.07) is -0.101. The molecule has 2 rings (SSSR count). The molecule has 1 atom stereocenters. The molecule has 7 nitrogen and oxygen atoms in total. The van der Waals surface area contributed by atoms with Gasteiger partial charge in [0.2, 0.25) is 5.91 Å². The fourth-order valence-electron chi connectivity index (χ4n) is 3.79. The van der Waals surface area contributed by atoms with Crippen molar-refractivity contribution in [3.05, 3.63) is 17.0 Å². The molecule has 1 fully saturated rings. The summed E-state index contributed by atoms with van der Waals surface area (Å²) in [7, 11) is -1.09. The molecule has 1 aliphatic rings. The number of nitrogens with one attached hydrogen (secondary N) is 1. The van der Waals surface area contributed by atoms with E-state index in [-0.39, 0.29) is 30.0 Å². The first-order valence-corrected chi connectivity index (χ1v) is 11.6. The van der Waals surface area contributed by atoms with Crippen molar-refractivity contribution in [2.45, 2.75) is 65.1 Å². The van der Waals surface area contributed by atoms with E-state index < -0.39 is 15.4 Å². The van der Waals surface area contributed by atoms with Gasteiger partial charge >= 0.3 is 0 Å². The zero-order chi connectivity index (χ0) is 21.1. The third-order valence-corrected chi connectivity index (χ3v) is 7.48. The van der Waals surface area contributed by atoms with Gasteiger partial charge in [-0.15, -0.1) is 6.42 Å². The molecule has 1 amide bonds. The van der Waals surface area contributed by atoms with Crippen molar-refractivity contribution < 1.29 is 13.2 Å². The lowest BCUT2D eigenvalue weighted by molar-refractivity contribution is -0.123. The second kappa shape index (κ2) is 8.66. The molecular formula is C20H32N4O3S. The van der Waals surface area contributed by atoms with E-state index in [9.17, 15) is 13.2 Å². The van der Waals surface area contributed by atoms with Gasteiger partial charge < -0.3 is 5.32 Å². The molecule has 156 valence electrons. The molecule has 1 aliphatic heterocycles. The van der Waals surface area contributed by atoms with E-state index in [0.29, 0.717) is 25.8 Å². The molecule has 0 aliphatic carbocycles. The average Bonchev–Trinajstić information content (AvgIpc) is 3.13. The molecule has 2 heterocycles. The van der Waals surface area contributed by atoms with Crippen LogP contribution in [0.5, 0.6) is 0 Å². The number of terminal acetylenes is 1. The van der Waals surface area contributed by atoms with Crippen LogP contribution in [0, 0.1) is 26.2 Å². The monoisotopic (exact) mass is 408 g/mol. The first kappa shape index (κ1) is 22.4. The predicted octanol–water partition coefficient (Wildman–Crippen LogP) is 1.60. The number of hydrogen-bond donors (Lipinski definition) is 1. The van der Waals surface area contributed by atoms with Gasteiger partial charge in [-0.1, -0.05) is 19.8 Å². The molecule has 0 unspecified atom stereocenters. The summed E-state index contributed by atoms with van der Waals surface area (Å²) < 4.78 is 25.4. The molecule has 0 bridgehead atoms. The summed E-state index contributed by atoms with van der Waals surface area (Å²) in [4.78, 5) is 14.4. The predicted molar refractivity (Wildman–Crippen MR) is 111 cm³/mol. The Hall–Kier alpha value is -1.85. The molecule has 1 aromatic rings. The maximum absolute atomic E-state index is 12.5. The van der Waals surface area contributed by atoms with Gasteiger partial charge in [-0.25, -0.2) is 8.42 Å². The number of aryl methyl sites for hydroxylation is 1. The van der Waals surface area contributed by atoms with Crippen molar-refractivity contribution in [2.24, 2.45) is 0 Å². The van der Waals surface area contributed by atoms with Crippen LogP contribution >= 0.6 is 0 Å². The third-order valence-electron chi connectivity index (χ3n) is 5.73. The van der Waals surface area contributed by atoms with Crippen LogP contribution < -0.4 is 5.32 Å². The number of carbonyl (C=O) groups excluding carboxylic acids is 1. The standard InChI is InChI=1S/C20H32N4O3S/c1-7-20(8-2,9-3)21-19(25)13-23(6)12-18-15(4)22-24(16(18)5)17-10-11-28(26,27)14-17/h1,17H,8-14H2,2-6H3,(H,21,25)/t17-/m0/s1. The first-order valence-electron chi connectivity index (χ1n) is 9.78. The van der Waals surface area contributed by atoms with Crippen molar-refractivity contribution in [3.63, 3.8) is 0 Å². The van der Waals surface area contributed by atoms with E-state index in [1.54, 1.807) is 0 Å². The minimum Gasteiger partial charge on any atom is -0.339 e. The van der Waals surface area contributed by atoms with E-state index in [1.807, 2.05) is 44.3 Å². The Morgan fingerprint density at radius 1 is 1.39 bits per heavy atom. The van der Waals surface area contributed by atoms with Crippen LogP contribution in [-0.2, 0) is 21.2 Å². The SMILES string of the molecule is C#CC(CC)(CC)NC(=O)CN(C)Cc1c(C)nn([C@H]2CCS(=O)(=O)C2)c1C. The molecule has 0 saturated carbocycles. The van der Waals surface area contributed by atoms with E-state index >= 15 is 0 Å². The van der Waals surface area contributed by atoms with Gasteiger partial charge in [0, 0.05) is 17.8 Å². The van der Waals surface area contributed by atoms with E-state index in [0.717, 1.165) is 17.0 Å². The van der Waals surface area contributed by atoms with Crippen LogP contribution in [0.25, 0.3) is 0 Å². The van der Waals surface area contributed by atoms with Crippen LogP contribution in [-0.4, -0.2) is 59.6 Å². The van der Waals surface area contributed by atoms with Gasteiger partial charge in [-0.05, 0) is 40.2 Å². The van der Waals surface area contributed by atoms with E-state index in [4.69, 9.17) is 6.42 Å². The van der Waals surface area contributed by atoms with Gasteiger partial charge in [0.05, 0.1) is 29.8 Å². The van der Waals surface area contributed by atoms with Crippen LogP contribution in [0.1, 0.15) is 56.1 Å². The summed E-state index contributed by atoms with van der Waals surface area (Å²) in [5, 5.41) is 7.57. The highest BCUT2D eigenvalue weighted by molar-refractivity contribution is 7.91. The fourth-order valence-corrected chi connectivity index (χ4v) is 5.49. The maximum Gasteiger partial charge on any atom is 0.235 e. The lowest BCUT2D eigenvalue weighted by Gasteiger charge is -2.28. The second-order valence-electron chi connectivity index (χ2n) is 7.80. The number of carbonyl (C=O) groups is 1. The Morgan fingerprint density at radius 2 is 2.04 bits per heavy atom. The molecule has 1 saturated heterocycles. The number of amides is 1. The molecule has 1 N–H and O–H groups in total. The lowest BCUT2D eigenvalue weighted by Crippen LogP contribution is -2.49. The maximum atomic E-state index is 12.5. The zero-order valence-electron chi connectivity index (χ0n) is 17.6. The minimum absolute atomic E-state index is 0.101. The highest BCUT2D eigenvalue weighted by atomic mass is 32.2. The topological polar surface area (TPSA) is 84.3 Å². The lowest BCUT2D eigenvalue weighted by atomic mass is 9.94. The Labute approximate surface area is 168 Å². The van der Waals surface area contributed by atoms with Gasteiger partial charge in [-0.2, -0.15) is 5.10 Å². The number of sulfone groups is 1. The van der Waals surface area contributed by atoms with Crippen LogP contribution in [0.2, 0.25) is 0 Å². The minimum atomic E-state index is -2.97. The van der Waals surface area contributed by atoms with Crippen molar-refractivity contribution in [3.8, 4) is 12.3 Å². The molecule has 8 heteroatoms. The summed E-state index contributed by atoms with van der Waals surface area (Å²) in [5.41, 5.74) is 2.28. The van der Waals surface area contributed by atoms with Crippen molar-refractivity contribution in [1.29, 1.82) is 0 Å². The summed E-state index contributed by atoms with van der Waals surface area (Å²) in [6.07, 6.45) is 7.59. The normalized spacial score (nSPS) is 19.0. The zero-order valence-corrected chi connectivity index (χ0v) is 18.4. The molecule has 1 aromatic heterocycles. The number of hydrogen-bond acceptors (Lipinski definition) is 5. The highest BCUT2D eigenvalue weighted by Gasteiger charge is 2.32. The number of rotatable bonds is 8. The van der Waals surface area contributed by atoms with Gasteiger partial charge in [0.25, 0.3) is 0 Å². The summed E-state index contributed by atoms with van der Waals surface area (Å²) in [6.45, 7) is 8.62. The van der Waals surface area contributed by atoms with Crippen LogP contribution in [0.3, 0.4) is 0 Å². The molecule has 0 radical (unpaired) electrons. The van der Waals surface area contributed by atoms with Gasteiger partial charge in [0.15, 0.2) is 9.84 Å². The van der Waals surface area contributed by atoms with Crippen LogP contribution in [0.15, 0.2) is 0 Å². The Kier molecular flexibility index (Phi) is 6.94. The van der Waals surface area contributed by atoms with Crippen molar-refractivity contribution in [1.82, 2.24) is 20.0 Å². The Balaban J connectivity index is 2.05. The Morgan fingerprint density at radius 3 is 2.54 bits per heavy atom. The van der Waals surface area contributed by atoms with Gasteiger partial charge in [-0.3, -0.25) is 14.4 Å². The largest absolute Gasteiger partial charge is 0.339 e. The smallest absolute Gasteiger partial charge is 0.235 e. The fraction of sp³-hybridized carbons (Fsp3) is 0.700. The average molecular weight is 409 g/mol. The second-order valence-corrected chi connectivity index (χ2v) is 10.0. The highest BCUT2D eigenvalue weighted by Crippen LogP contribution is 2.27. The van der Waals surface area contributed by atoms with Crippen LogP contribution in [0.4, 0.5) is 0 Å². The molecule has 28 heavy (non-hydrogen) atoms. The quantitative estimate of drug-likeness (QED) is 0.661. The molecule has 0 aromatic carbocycles.